The molecule has 38 heavy (non-hydrogen) atoms. The average molecular weight is 511 g/mol. The number of nitrogens with two attached hydrogens (primary N) is 1. The van der Waals surface area contributed by atoms with Crippen LogP contribution in [0.25, 0.3) is 33.4 Å². The van der Waals surface area contributed by atoms with Gasteiger partial charge in [0.2, 0.25) is 0 Å². The summed E-state index contributed by atoms with van der Waals surface area (Å²) in [4.78, 5) is 28.2. The number of furan rings is 1. The fraction of sp³-hybridized carbons (Fsp3) is 0.258. The number of hydrogen-bond donors (Lipinski definition) is 3. The molecule has 3 aromatic carbocycles. The first-order valence-electron chi connectivity index (χ1n) is 12.9. The van der Waals surface area contributed by atoms with E-state index in [-0.39, 0.29) is 24.1 Å². The predicted molar refractivity (Wildman–Crippen MR) is 154 cm³/mol. The van der Waals surface area contributed by atoms with E-state index < -0.39 is 0 Å². The summed E-state index contributed by atoms with van der Waals surface area (Å²) in [7, 11) is 0. The first-order chi connectivity index (χ1) is 18.3. The SMILES string of the molecule is CCC(=O)c1c(-c2ccc(C)cc2)oc2cc(N(CC)CC)c(-c3cccc(C(=O)NCC(=N)N)c3)cc12. The number of Topliss-reactive ketones (excluding diaryl/α,β-unsaturated/α-hetero) is 1. The average Bonchev–Trinajstić information content (AvgIpc) is 3.30. The Morgan fingerprint density at radius 2 is 1.68 bits per heavy atom. The van der Waals surface area contributed by atoms with E-state index in [0.717, 1.165) is 46.4 Å². The van der Waals surface area contributed by atoms with Gasteiger partial charge in [-0.15, -0.1) is 0 Å². The van der Waals surface area contributed by atoms with Gasteiger partial charge in [-0.1, -0.05) is 48.9 Å². The third kappa shape index (κ3) is 5.32. The quantitative estimate of drug-likeness (QED) is 0.134. The van der Waals surface area contributed by atoms with Crippen molar-refractivity contribution >= 4 is 34.2 Å². The van der Waals surface area contributed by atoms with Gasteiger partial charge in [0.15, 0.2) is 5.78 Å². The maximum atomic E-state index is 13.2. The van der Waals surface area contributed by atoms with Crippen molar-refractivity contribution in [1.29, 1.82) is 5.41 Å². The van der Waals surface area contributed by atoms with Gasteiger partial charge in [0.05, 0.1) is 12.1 Å². The number of fused-ring (bicyclic) bond motifs is 1. The lowest BCUT2D eigenvalue weighted by molar-refractivity contribution is 0.0957. The van der Waals surface area contributed by atoms with E-state index in [1.807, 2.05) is 68.4 Å². The number of nitrogens with zero attached hydrogens (tertiary/aromatic N) is 1. The second-order valence-corrected chi connectivity index (χ2v) is 9.28. The molecule has 0 saturated heterocycles. The minimum atomic E-state index is -0.306. The molecule has 1 aromatic heterocycles. The molecule has 1 heterocycles. The molecule has 0 atom stereocenters. The molecule has 1 amide bonds. The standard InChI is InChI=1S/C31H34N4O3/c1-5-26(36)29-24-16-23(21-9-8-10-22(15-21)31(37)34-18-28(32)33)25(35(6-2)7-3)17-27(24)38-30(29)20-13-11-19(4)12-14-20/h8-17H,5-7,18H2,1-4H3,(H3,32,33)(H,34,37). The molecule has 0 unspecified atom stereocenters. The van der Waals surface area contributed by atoms with Gasteiger partial charge in [-0.25, -0.2) is 0 Å². The van der Waals surface area contributed by atoms with Crippen LogP contribution >= 0.6 is 0 Å². The van der Waals surface area contributed by atoms with Crippen LogP contribution in [0.3, 0.4) is 0 Å². The monoisotopic (exact) mass is 510 g/mol. The van der Waals surface area contributed by atoms with E-state index >= 15 is 0 Å². The number of amides is 1. The fourth-order valence-corrected chi connectivity index (χ4v) is 4.66. The molecule has 7 heteroatoms. The Morgan fingerprint density at radius 1 is 0.974 bits per heavy atom. The van der Waals surface area contributed by atoms with Crippen molar-refractivity contribution in [2.24, 2.45) is 5.73 Å². The smallest absolute Gasteiger partial charge is 0.251 e. The van der Waals surface area contributed by atoms with E-state index in [9.17, 15) is 9.59 Å². The molecular formula is C31H34N4O3. The molecule has 0 bridgehead atoms. The number of hydrogen-bond acceptors (Lipinski definition) is 5. The summed E-state index contributed by atoms with van der Waals surface area (Å²) in [5, 5.41) is 10.8. The third-order valence-electron chi connectivity index (χ3n) is 6.70. The van der Waals surface area contributed by atoms with Gasteiger partial charge in [0, 0.05) is 53.3 Å². The van der Waals surface area contributed by atoms with Crippen molar-refractivity contribution in [3.63, 3.8) is 0 Å². The van der Waals surface area contributed by atoms with Gasteiger partial charge >= 0.3 is 0 Å². The van der Waals surface area contributed by atoms with Gasteiger partial charge in [-0.05, 0) is 44.5 Å². The summed E-state index contributed by atoms with van der Waals surface area (Å²) in [5.74, 6) is 0.172. The van der Waals surface area contributed by atoms with Gasteiger partial charge in [-0.3, -0.25) is 15.0 Å². The van der Waals surface area contributed by atoms with Crippen LogP contribution in [0.2, 0.25) is 0 Å². The van der Waals surface area contributed by atoms with Crippen LogP contribution in [0.15, 0.2) is 65.1 Å². The van der Waals surface area contributed by atoms with Crippen molar-refractivity contribution in [3.05, 3.63) is 77.4 Å². The summed E-state index contributed by atoms with van der Waals surface area (Å²) >= 11 is 0. The van der Waals surface area contributed by atoms with E-state index in [0.29, 0.717) is 28.9 Å². The van der Waals surface area contributed by atoms with Crippen LogP contribution < -0.4 is 16.0 Å². The first kappa shape index (κ1) is 26.7. The van der Waals surface area contributed by atoms with E-state index in [1.165, 1.54) is 0 Å². The lowest BCUT2D eigenvalue weighted by Crippen LogP contribution is -2.32. The number of ketones is 1. The lowest BCUT2D eigenvalue weighted by atomic mass is 9.95. The predicted octanol–water partition coefficient (Wildman–Crippen LogP) is 6.18. The van der Waals surface area contributed by atoms with Crippen molar-refractivity contribution < 1.29 is 14.0 Å². The van der Waals surface area contributed by atoms with Crippen molar-refractivity contribution in [2.75, 3.05) is 24.5 Å². The van der Waals surface area contributed by atoms with Crippen LogP contribution in [0.5, 0.6) is 0 Å². The van der Waals surface area contributed by atoms with Gasteiger partial charge < -0.3 is 20.4 Å². The Morgan fingerprint density at radius 3 is 2.32 bits per heavy atom. The topological polar surface area (TPSA) is 112 Å². The van der Waals surface area contributed by atoms with Crippen molar-refractivity contribution in [3.8, 4) is 22.5 Å². The summed E-state index contributed by atoms with van der Waals surface area (Å²) in [5.41, 5.74) is 11.8. The van der Waals surface area contributed by atoms with Gasteiger partial charge in [0.1, 0.15) is 17.2 Å². The Balaban J connectivity index is 1.95. The van der Waals surface area contributed by atoms with Crippen LogP contribution in [0.4, 0.5) is 5.69 Å². The van der Waals surface area contributed by atoms with Crippen LogP contribution in [-0.2, 0) is 0 Å². The molecule has 196 valence electrons. The zero-order valence-electron chi connectivity index (χ0n) is 22.4. The van der Waals surface area contributed by atoms with Crippen molar-refractivity contribution in [1.82, 2.24) is 5.32 Å². The maximum Gasteiger partial charge on any atom is 0.251 e. The number of nitrogens with one attached hydrogen (secondary N) is 2. The van der Waals surface area contributed by atoms with E-state index in [4.69, 9.17) is 15.6 Å². The molecule has 0 aliphatic carbocycles. The molecule has 0 saturated carbocycles. The summed E-state index contributed by atoms with van der Waals surface area (Å²) in [6, 6.07) is 19.3. The zero-order valence-corrected chi connectivity index (χ0v) is 22.4. The highest BCUT2D eigenvalue weighted by molar-refractivity contribution is 6.13. The Labute approximate surface area is 223 Å². The van der Waals surface area contributed by atoms with E-state index in [2.05, 4.69) is 24.1 Å². The molecule has 0 aliphatic heterocycles. The minimum absolute atomic E-state index is 0.0122. The maximum absolute atomic E-state index is 13.2. The summed E-state index contributed by atoms with van der Waals surface area (Å²) in [6.45, 7) is 9.61. The Bertz CT molecular complexity index is 1500. The molecule has 4 rings (SSSR count). The number of benzene rings is 3. The molecular weight excluding hydrogens is 476 g/mol. The lowest BCUT2D eigenvalue weighted by Gasteiger charge is -2.24. The number of carbonyl (C=O) groups is 2. The molecule has 7 nitrogen and oxygen atoms in total. The minimum Gasteiger partial charge on any atom is -0.455 e. The van der Waals surface area contributed by atoms with Gasteiger partial charge in [-0.2, -0.15) is 0 Å². The largest absolute Gasteiger partial charge is 0.455 e. The van der Waals surface area contributed by atoms with Crippen LogP contribution in [0.1, 0.15) is 53.5 Å². The molecule has 0 aliphatic rings. The molecule has 4 N–H and O–H groups in total. The molecule has 0 fully saturated rings. The highest BCUT2D eigenvalue weighted by atomic mass is 16.3. The molecule has 0 spiro atoms. The Kier molecular flexibility index (Phi) is 7.96. The van der Waals surface area contributed by atoms with Crippen molar-refractivity contribution in [2.45, 2.75) is 34.1 Å². The number of carbonyl (C=O) groups excluding carboxylic acids is 2. The summed E-state index contributed by atoms with van der Waals surface area (Å²) < 4.78 is 6.39. The number of rotatable bonds is 10. The summed E-state index contributed by atoms with van der Waals surface area (Å²) in [6.07, 6.45) is 0.354. The van der Waals surface area contributed by atoms with Gasteiger partial charge in [0.25, 0.3) is 5.91 Å². The molecule has 0 radical (unpaired) electrons. The second kappa shape index (κ2) is 11.3. The first-order valence-corrected chi connectivity index (χ1v) is 12.9. The Hall–Kier alpha value is -4.39. The van der Waals surface area contributed by atoms with Crippen LogP contribution in [-0.4, -0.2) is 37.2 Å². The number of aryl methyl sites for hydroxylation is 1. The second-order valence-electron chi connectivity index (χ2n) is 9.28. The zero-order chi connectivity index (χ0) is 27.4. The highest BCUT2D eigenvalue weighted by Crippen LogP contribution is 2.41. The number of amidine groups is 1. The molecule has 4 aromatic rings. The van der Waals surface area contributed by atoms with Crippen LogP contribution in [0, 0.1) is 12.3 Å². The highest BCUT2D eigenvalue weighted by Gasteiger charge is 2.24. The normalized spacial score (nSPS) is 10.9. The fourth-order valence-electron chi connectivity index (χ4n) is 4.66. The van der Waals surface area contributed by atoms with E-state index in [1.54, 1.807) is 6.07 Å². The number of anilines is 1. The third-order valence-corrected chi connectivity index (χ3v) is 6.70.